The number of nitrogens with zero attached hydrogens (tertiary/aromatic N) is 2. The second kappa shape index (κ2) is 12.3. The maximum Gasteiger partial charge on any atom is 0.243 e. The lowest BCUT2D eigenvalue weighted by molar-refractivity contribution is 0.158. The van der Waals surface area contributed by atoms with E-state index in [-0.39, 0.29) is 15.8 Å². The van der Waals surface area contributed by atoms with E-state index in [9.17, 15) is 16.8 Å². The van der Waals surface area contributed by atoms with Crippen LogP contribution in [0, 0.1) is 0 Å². The van der Waals surface area contributed by atoms with Crippen molar-refractivity contribution in [2.75, 3.05) is 32.4 Å². The lowest BCUT2D eigenvalue weighted by atomic mass is 10.0. The van der Waals surface area contributed by atoms with Gasteiger partial charge in [0.25, 0.3) is 0 Å². The van der Waals surface area contributed by atoms with Crippen LogP contribution in [0.5, 0.6) is 0 Å². The van der Waals surface area contributed by atoms with Crippen LogP contribution >= 0.6 is 0 Å². The number of sulfone groups is 1. The van der Waals surface area contributed by atoms with Crippen molar-refractivity contribution in [1.29, 1.82) is 0 Å². The smallest absolute Gasteiger partial charge is 0.243 e. The zero-order chi connectivity index (χ0) is 26.3. The summed E-state index contributed by atoms with van der Waals surface area (Å²) >= 11 is 0. The number of benzene rings is 3. The molecule has 0 atom stereocenters. The first-order chi connectivity index (χ1) is 17.7. The van der Waals surface area contributed by atoms with E-state index in [4.69, 9.17) is 0 Å². The van der Waals surface area contributed by atoms with E-state index in [0.29, 0.717) is 13.0 Å². The second-order valence-corrected chi connectivity index (χ2v) is 13.7. The summed E-state index contributed by atoms with van der Waals surface area (Å²) in [6, 6.07) is 26.0. The quantitative estimate of drug-likeness (QED) is 0.360. The average Bonchev–Trinajstić information content (AvgIpc) is 2.90. The second-order valence-electron chi connectivity index (χ2n) is 9.76. The molecule has 8 heteroatoms. The van der Waals surface area contributed by atoms with E-state index in [1.165, 1.54) is 29.8 Å². The van der Waals surface area contributed by atoms with Crippen LogP contribution in [0.2, 0.25) is 0 Å². The van der Waals surface area contributed by atoms with Crippen molar-refractivity contribution in [2.45, 2.75) is 47.9 Å². The molecular weight excluding hydrogens is 504 g/mol. The Morgan fingerprint density at radius 1 is 0.757 bits per heavy atom. The fourth-order valence-corrected chi connectivity index (χ4v) is 7.44. The summed E-state index contributed by atoms with van der Waals surface area (Å²) < 4.78 is 53.5. The molecule has 37 heavy (non-hydrogen) atoms. The number of piperidine rings is 1. The molecule has 0 unspecified atom stereocenters. The van der Waals surface area contributed by atoms with Gasteiger partial charge in [0, 0.05) is 18.8 Å². The summed E-state index contributed by atoms with van der Waals surface area (Å²) in [5.74, 6) is 0. The molecule has 198 valence electrons. The minimum atomic E-state index is -3.87. The first-order valence-corrected chi connectivity index (χ1v) is 16.2. The predicted molar refractivity (Wildman–Crippen MR) is 148 cm³/mol. The molecule has 0 aromatic heterocycles. The Morgan fingerprint density at radius 3 is 1.92 bits per heavy atom. The van der Waals surface area contributed by atoms with Crippen LogP contribution in [0.15, 0.2) is 94.7 Å². The Hall–Kier alpha value is -2.52. The van der Waals surface area contributed by atoms with Crippen molar-refractivity contribution < 1.29 is 16.8 Å². The van der Waals surface area contributed by atoms with Crippen molar-refractivity contribution in [2.24, 2.45) is 0 Å². The van der Waals surface area contributed by atoms with E-state index in [1.807, 2.05) is 36.4 Å². The summed E-state index contributed by atoms with van der Waals surface area (Å²) in [6.45, 7) is 3.04. The summed E-state index contributed by atoms with van der Waals surface area (Å²) in [5, 5.41) is 0. The van der Waals surface area contributed by atoms with Gasteiger partial charge in [-0.1, -0.05) is 66.7 Å². The van der Waals surface area contributed by atoms with E-state index >= 15 is 0 Å². The van der Waals surface area contributed by atoms with Gasteiger partial charge in [0.05, 0.1) is 9.79 Å². The van der Waals surface area contributed by atoms with Crippen molar-refractivity contribution in [3.8, 4) is 0 Å². The molecule has 3 aromatic carbocycles. The highest BCUT2D eigenvalue weighted by Crippen LogP contribution is 2.26. The molecule has 3 aromatic rings. The normalized spacial score (nSPS) is 15.7. The number of hydrogen-bond donors (Lipinski definition) is 0. The number of hydrogen-bond acceptors (Lipinski definition) is 5. The third-order valence-electron chi connectivity index (χ3n) is 7.05. The highest BCUT2D eigenvalue weighted by Gasteiger charge is 2.34. The van der Waals surface area contributed by atoms with Crippen molar-refractivity contribution in [1.82, 2.24) is 9.21 Å². The van der Waals surface area contributed by atoms with Gasteiger partial charge in [0.15, 0.2) is 9.84 Å². The molecule has 0 radical (unpaired) electrons. The average molecular weight is 541 g/mol. The number of aryl methyl sites for hydroxylation is 1. The molecule has 1 heterocycles. The van der Waals surface area contributed by atoms with Crippen LogP contribution in [-0.2, 0) is 32.7 Å². The molecule has 0 amide bonds. The zero-order valence-electron chi connectivity index (χ0n) is 21.4. The molecule has 0 N–H and O–H groups in total. The molecule has 1 fully saturated rings. The molecule has 4 rings (SSSR count). The number of rotatable bonds is 11. The lowest BCUT2D eigenvalue weighted by Gasteiger charge is -2.38. The van der Waals surface area contributed by atoms with Gasteiger partial charge in [0.2, 0.25) is 10.0 Å². The van der Waals surface area contributed by atoms with Crippen molar-refractivity contribution >= 4 is 19.9 Å². The minimum absolute atomic E-state index is 0.0184. The number of likely N-dealkylation sites (tertiary alicyclic amines) is 1. The molecule has 0 aliphatic carbocycles. The van der Waals surface area contributed by atoms with Crippen molar-refractivity contribution in [3.63, 3.8) is 0 Å². The van der Waals surface area contributed by atoms with E-state index in [1.54, 1.807) is 4.31 Å². The third-order valence-corrected chi connectivity index (χ3v) is 10.1. The minimum Gasteiger partial charge on any atom is -0.303 e. The first-order valence-electron chi connectivity index (χ1n) is 12.9. The Bertz CT molecular complexity index is 1350. The molecular formula is C29H36N2O4S2. The Kier molecular flexibility index (Phi) is 9.18. The van der Waals surface area contributed by atoms with Crippen LogP contribution in [0.25, 0.3) is 0 Å². The van der Waals surface area contributed by atoms with E-state index in [2.05, 4.69) is 29.2 Å². The van der Waals surface area contributed by atoms with Gasteiger partial charge in [-0.15, -0.1) is 0 Å². The van der Waals surface area contributed by atoms with Gasteiger partial charge in [0.1, 0.15) is 0 Å². The monoisotopic (exact) mass is 540 g/mol. The highest BCUT2D eigenvalue weighted by molar-refractivity contribution is 7.91. The molecule has 1 aliphatic rings. The van der Waals surface area contributed by atoms with Crippen molar-refractivity contribution in [3.05, 3.63) is 96.1 Å². The van der Waals surface area contributed by atoms with Crippen LogP contribution in [0.1, 0.15) is 30.4 Å². The largest absolute Gasteiger partial charge is 0.303 e. The summed E-state index contributed by atoms with van der Waals surface area (Å²) in [7, 11) is -7.39. The van der Waals surface area contributed by atoms with Gasteiger partial charge in [-0.25, -0.2) is 16.8 Å². The molecule has 6 nitrogen and oxygen atoms in total. The maximum absolute atomic E-state index is 13.9. The first kappa shape index (κ1) is 27.5. The highest BCUT2D eigenvalue weighted by atomic mass is 32.2. The van der Waals surface area contributed by atoms with Gasteiger partial charge in [-0.2, -0.15) is 4.31 Å². The summed E-state index contributed by atoms with van der Waals surface area (Å²) in [6.07, 6.45) is 5.32. The summed E-state index contributed by atoms with van der Waals surface area (Å²) in [4.78, 5) is 2.48. The standard InChI is InChI=1S/C29H36N2O4S2/c1-36(32,33)28-15-8-16-29(24-28)37(34,35)31(23-17-26-12-6-3-7-13-26)27-18-21-30(22-19-27)20-9-14-25-10-4-2-5-11-25/h2-8,10-13,15-16,24,27H,9,14,17-23H2,1H3. The lowest BCUT2D eigenvalue weighted by Crippen LogP contribution is -2.48. The molecule has 0 saturated carbocycles. The van der Waals surface area contributed by atoms with Gasteiger partial charge < -0.3 is 4.90 Å². The van der Waals surface area contributed by atoms with E-state index < -0.39 is 19.9 Å². The van der Waals surface area contributed by atoms with Crippen LogP contribution < -0.4 is 0 Å². The maximum atomic E-state index is 13.9. The van der Waals surface area contributed by atoms with Crippen LogP contribution in [0.4, 0.5) is 0 Å². The molecule has 1 saturated heterocycles. The summed E-state index contributed by atoms with van der Waals surface area (Å²) in [5.41, 5.74) is 2.41. The predicted octanol–water partition coefficient (Wildman–Crippen LogP) is 4.42. The third kappa shape index (κ3) is 7.51. The van der Waals surface area contributed by atoms with Crippen LogP contribution in [-0.4, -0.2) is 64.5 Å². The topological polar surface area (TPSA) is 74.8 Å². The number of sulfonamides is 1. The van der Waals surface area contributed by atoms with Gasteiger partial charge in [-0.3, -0.25) is 0 Å². The van der Waals surface area contributed by atoms with Gasteiger partial charge >= 0.3 is 0 Å². The Morgan fingerprint density at radius 2 is 1.32 bits per heavy atom. The molecule has 0 spiro atoms. The van der Waals surface area contributed by atoms with E-state index in [0.717, 1.165) is 57.1 Å². The SMILES string of the molecule is CS(=O)(=O)c1cccc(S(=O)(=O)N(CCc2ccccc2)C2CCN(CCCc3ccccc3)CC2)c1. The molecule has 0 bridgehead atoms. The zero-order valence-corrected chi connectivity index (χ0v) is 23.0. The Labute approximate surface area is 221 Å². The van der Waals surface area contributed by atoms with Gasteiger partial charge in [-0.05, 0) is 81.1 Å². The fourth-order valence-electron chi connectivity index (χ4n) is 4.97. The Balaban J connectivity index is 1.46. The fraction of sp³-hybridized carbons (Fsp3) is 0.379. The van der Waals surface area contributed by atoms with Crippen LogP contribution in [0.3, 0.4) is 0 Å². The molecule has 1 aliphatic heterocycles.